The van der Waals surface area contributed by atoms with E-state index >= 15 is 0 Å². The summed E-state index contributed by atoms with van der Waals surface area (Å²) in [5.74, 6) is 0.532. The minimum atomic E-state index is -3.84. The number of hydrogen-bond acceptors (Lipinski definition) is 3. The summed E-state index contributed by atoms with van der Waals surface area (Å²) in [5, 5.41) is 1.18. The summed E-state index contributed by atoms with van der Waals surface area (Å²) in [6, 6.07) is 0. The molecule has 1 rings (SSSR count). The van der Waals surface area contributed by atoms with Crippen molar-refractivity contribution in [1.29, 1.82) is 0 Å². The maximum Gasteiger partial charge on any atom is 0.317 e. The molecule has 0 saturated carbocycles. The van der Waals surface area contributed by atoms with E-state index in [1.165, 1.54) is 43.7 Å². The van der Waals surface area contributed by atoms with Gasteiger partial charge < -0.3 is 0 Å². The standard InChI is InChI=1S/C16H30N2O3S2/c1-3-5-6-7-8-9-11-18-13-12-17(4-2)16(18)22-14-10-15-23(19,20)21/h12-13H,3-11,14-15H2,1-2H3/p+1. The van der Waals surface area contributed by atoms with E-state index in [0.717, 1.165) is 13.1 Å². The maximum absolute atomic E-state index is 10.8. The van der Waals surface area contributed by atoms with Crippen LogP contribution in [0, 0.1) is 0 Å². The van der Waals surface area contributed by atoms with Gasteiger partial charge in [-0.2, -0.15) is 8.42 Å². The first-order chi connectivity index (χ1) is 11.0. The topological polar surface area (TPSA) is 63.2 Å². The summed E-state index contributed by atoms with van der Waals surface area (Å²) in [6.07, 6.45) is 12.3. The third-order valence-electron chi connectivity index (χ3n) is 3.79. The van der Waals surface area contributed by atoms with Gasteiger partial charge in [-0.05, 0) is 37.9 Å². The van der Waals surface area contributed by atoms with Crippen LogP contribution in [-0.2, 0) is 23.2 Å². The third kappa shape index (κ3) is 8.77. The molecule has 0 fully saturated rings. The molecule has 5 nitrogen and oxygen atoms in total. The lowest BCUT2D eigenvalue weighted by Gasteiger charge is -2.04. The largest absolute Gasteiger partial charge is 0.317 e. The molecule has 0 aliphatic heterocycles. The number of nitrogens with zero attached hydrogens (tertiary/aromatic N) is 2. The molecule has 23 heavy (non-hydrogen) atoms. The Morgan fingerprint density at radius 2 is 1.83 bits per heavy atom. The van der Waals surface area contributed by atoms with E-state index in [2.05, 4.69) is 35.4 Å². The van der Waals surface area contributed by atoms with Crippen molar-refractivity contribution in [2.75, 3.05) is 11.5 Å². The van der Waals surface area contributed by atoms with Crippen LogP contribution in [-0.4, -0.2) is 29.0 Å². The normalized spacial score (nSPS) is 12.0. The van der Waals surface area contributed by atoms with Gasteiger partial charge in [-0.1, -0.05) is 32.6 Å². The summed E-state index contributed by atoms with van der Waals surface area (Å²) in [5.41, 5.74) is 0. The van der Waals surface area contributed by atoms with Crippen molar-refractivity contribution >= 4 is 21.9 Å². The minimum absolute atomic E-state index is 0.162. The zero-order chi connectivity index (χ0) is 17.1. The van der Waals surface area contributed by atoms with E-state index in [4.69, 9.17) is 4.55 Å². The fourth-order valence-corrected chi connectivity index (χ4v) is 4.33. The first kappa shape index (κ1) is 20.5. The molecule has 1 N–H and O–H groups in total. The highest BCUT2D eigenvalue weighted by molar-refractivity contribution is 7.99. The van der Waals surface area contributed by atoms with Crippen molar-refractivity contribution < 1.29 is 17.5 Å². The molecule has 0 radical (unpaired) electrons. The van der Waals surface area contributed by atoms with Crippen molar-refractivity contribution in [3.8, 4) is 0 Å². The van der Waals surface area contributed by atoms with Crippen molar-refractivity contribution in [2.24, 2.45) is 0 Å². The van der Waals surface area contributed by atoms with Gasteiger partial charge in [-0.25, -0.2) is 9.13 Å². The Hall–Kier alpha value is -0.530. The lowest BCUT2D eigenvalue weighted by atomic mass is 10.1. The second kappa shape index (κ2) is 11.1. The first-order valence-electron chi connectivity index (χ1n) is 8.64. The summed E-state index contributed by atoms with van der Waals surface area (Å²) < 4.78 is 34.8. The Morgan fingerprint density at radius 1 is 1.13 bits per heavy atom. The Balaban J connectivity index is 2.42. The summed E-state index contributed by atoms with van der Waals surface area (Å²) >= 11 is 1.67. The van der Waals surface area contributed by atoms with E-state index in [1.54, 1.807) is 11.8 Å². The number of aryl methyl sites for hydroxylation is 2. The van der Waals surface area contributed by atoms with Gasteiger partial charge >= 0.3 is 5.16 Å². The van der Waals surface area contributed by atoms with Crippen molar-refractivity contribution in [2.45, 2.75) is 77.0 Å². The molecule has 0 amide bonds. The van der Waals surface area contributed by atoms with Crippen LogP contribution in [0.2, 0.25) is 0 Å². The first-order valence-corrected chi connectivity index (χ1v) is 11.2. The molecule has 1 aromatic rings. The SMILES string of the molecule is CCCCCCCC[n+]1ccn(CC)c1SCCCS(=O)(=O)O. The van der Waals surface area contributed by atoms with Gasteiger partial charge in [0, 0.05) is 5.75 Å². The molecule has 0 saturated heterocycles. The second-order valence-electron chi connectivity index (χ2n) is 5.82. The highest BCUT2D eigenvalue weighted by atomic mass is 32.2. The van der Waals surface area contributed by atoms with Gasteiger partial charge in [0.25, 0.3) is 10.1 Å². The molecule has 0 aliphatic rings. The average Bonchev–Trinajstić information content (AvgIpc) is 2.88. The van der Waals surface area contributed by atoms with Crippen LogP contribution in [0.4, 0.5) is 0 Å². The Bertz CT molecular complexity index is 542. The highest BCUT2D eigenvalue weighted by Gasteiger charge is 2.16. The molecule has 1 aromatic heterocycles. The lowest BCUT2D eigenvalue weighted by molar-refractivity contribution is -0.733. The number of thioether (sulfide) groups is 1. The molecule has 0 aromatic carbocycles. The van der Waals surface area contributed by atoms with Crippen LogP contribution in [0.5, 0.6) is 0 Å². The van der Waals surface area contributed by atoms with E-state index in [0.29, 0.717) is 12.2 Å². The lowest BCUT2D eigenvalue weighted by Crippen LogP contribution is -2.34. The predicted octanol–water partition coefficient (Wildman–Crippen LogP) is 3.53. The van der Waals surface area contributed by atoms with E-state index in [-0.39, 0.29) is 5.75 Å². The summed E-state index contributed by atoms with van der Waals surface area (Å²) in [6.45, 7) is 6.26. The van der Waals surface area contributed by atoms with Gasteiger partial charge in [-0.15, -0.1) is 0 Å². The molecular formula is C16H31N2O3S2+. The Labute approximate surface area is 145 Å². The molecular weight excluding hydrogens is 332 g/mol. The zero-order valence-electron chi connectivity index (χ0n) is 14.4. The van der Waals surface area contributed by atoms with Gasteiger partial charge in [0.05, 0.1) is 18.8 Å². The third-order valence-corrected chi connectivity index (χ3v) is 5.81. The molecule has 0 spiro atoms. The smallest absolute Gasteiger partial charge is 0.286 e. The molecule has 7 heteroatoms. The number of aromatic nitrogens is 2. The Morgan fingerprint density at radius 3 is 2.48 bits per heavy atom. The second-order valence-corrected chi connectivity index (χ2v) is 8.45. The molecule has 1 heterocycles. The van der Waals surface area contributed by atoms with Gasteiger partial charge in [-0.3, -0.25) is 4.55 Å². The van der Waals surface area contributed by atoms with E-state index < -0.39 is 10.1 Å². The minimum Gasteiger partial charge on any atom is -0.286 e. The summed E-state index contributed by atoms with van der Waals surface area (Å²) in [7, 11) is -3.84. The molecule has 0 unspecified atom stereocenters. The predicted molar refractivity (Wildman–Crippen MR) is 95.4 cm³/mol. The summed E-state index contributed by atoms with van der Waals surface area (Å²) in [4.78, 5) is 0. The Kier molecular flexibility index (Phi) is 9.90. The van der Waals surface area contributed by atoms with Crippen molar-refractivity contribution in [3.63, 3.8) is 0 Å². The zero-order valence-corrected chi connectivity index (χ0v) is 16.0. The van der Waals surface area contributed by atoms with Crippen LogP contribution in [0.3, 0.4) is 0 Å². The quantitative estimate of drug-likeness (QED) is 0.252. The van der Waals surface area contributed by atoms with Crippen LogP contribution in [0.15, 0.2) is 17.6 Å². The van der Waals surface area contributed by atoms with Gasteiger partial charge in [0.15, 0.2) is 0 Å². The van der Waals surface area contributed by atoms with Gasteiger partial charge in [0.1, 0.15) is 12.4 Å². The van der Waals surface area contributed by atoms with E-state index in [9.17, 15) is 8.42 Å². The van der Waals surface area contributed by atoms with Crippen LogP contribution < -0.4 is 4.57 Å². The van der Waals surface area contributed by atoms with Crippen LogP contribution >= 0.6 is 11.8 Å². The monoisotopic (exact) mass is 363 g/mol. The average molecular weight is 364 g/mol. The maximum atomic E-state index is 10.8. The number of hydrogen-bond donors (Lipinski definition) is 1. The van der Waals surface area contributed by atoms with Crippen LogP contribution in [0.1, 0.15) is 58.8 Å². The fourth-order valence-electron chi connectivity index (χ4n) is 2.50. The molecule has 134 valence electrons. The fraction of sp³-hybridized carbons (Fsp3) is 0.812. The number of unbranched alkanes of at least 4 members (excludes halogenated alkanes) is 5. The van der Waals surface area contributed by atoms with E-state index in [1.807, 2.05) is 0 Å². The van der Waals surface area contributed by atoms with Gasteiger partial charge in [0.2, 0.25) is 0 Å². The van der Waals surface area contributed by atoms with Crippen molar-refractivity contribution in [1.82, 2.24) is 4.57 Å². The number of rotatable bonds is 13. The number of imidazole rings is 1. The van der Waals surface area contributed by atoms with Crippen molar-refractivity contribution in [3.05, 3.63) is 12.4 Å². The molecule has 0 aliphatic carbocycles. The highest BCUT2D eigenvalue weighted by Crippen LogP contribution is 2.16. The molecule has 0 bridgehead atoms. The molecule has 0 atom stereocenters. The van der Waals surface area contributed by atoms with Crippen LogP contribution in [0.25, 0.3) is 0 Å².